The van der Waals surface area contributed by atoms with E-state index < -0.39 is 9.84 Å². The van der Waals surface area contributed by atoms with Crippen molar-refractivity contribution < 1.29 is 17.9 Å². The van der Waals surface area contributed by atoms with Gasteiger partial charge in [0, 0.05) is 6.04 Å². The number of halogens is 2. The van der Waals surface area contributed by atoms with Crippen molar-refractivity contribution in [2.45, 2.75) is 12.5 Å². The number of ether oxygens (including phenoxy) is 1. The van der Waals surface area contributed by atoms with Gasteiger partial charge >= 0.3 is 0 Å². The van der Waals surface area contributed by atoms with Gasteiger partial charge in [-0.1, -0.05) is 29.3 Å². The first-order chi connectivity index (χ1) is 9.37. The summed E-state index contributed by atoms with van der Waals surface area (Å²) in [6.07, 6.45) is 0.437. The molecule has 1 aliphatic rings. The molecule has 20 heavy (non-hydrogen) atoms. The van der Waals surface area contributed by atoms with Crippen molar-refractivity contribution in [1.82, 2.24) is 5.32 Å². The molecule has 0 aromatic heterocycles. The van der Waals surface area contributed by atoms with Gasteiger partial charge < -0.3 is 10.1 Å². The molecule has 8 heteroatoms. The second-order valence-electron chi connectivity index (χ2n) is 4.51. The molecule has 0 radical (unpaired) electrons. The zero-order chi connectivity index (χ0) is 14.8. The Morgan fingerprint density at radius 2 is 2.15 bits per heavy atom. The highest BCUT2D eigenvalue weighted by Gasteiger charge is 2.28. The standard InChI is InChI=1S/C12H13Cl2NO4S/c13-9-2-1-3-10(12(9)14)19-6-11(16)15-8-4-5-20(17,18)7-8/h1-3,8H,4-7H2,(H,15,16)/t8-/m0/s1. The van der Waals surface area contributed by atoms with E-state index in [9.17, 15) is 13.2 Å². The summed E-state index contributed by atoms with van der Waals surface area (Å²) in [6, 6.07) is 4.53. The fourth-order valence-corrected chi connectivity index (χ4v) is 3.94. The maximum Gasteiger partial charge on any atom is 0.258 e. The SMILES string of the molecule is O=C(COc1cccc(Cl)c1Cl)N[C@H]1CCS(=O)(=O)C1. The van der Waals surface area contributed by atoms with Crippen molar-refractivity contribution in [1.29, 1.82) is 0 Å². The van der Waals surface area contributed by atoms with Crippen LogP contribution in [0.3, 0.4) is 0 Å². The predicted molar refractivity (Wildman–Crippen MR) is 77.2 cm³/mol. The van der Waals surface area contributed by atoms with E-state index in [0.29, 0.717) is 17.2 Å². The molecule has 1 heterocycles. The maximum absolute atomic E-state index is 11.7. The molecule has 1 atom stereocenters. The van der Waals surface area contributed by atoms with Gasteiger partial charge in [0.15, 0.2) is 16.4 Å². The normalized spacial score (nSPS) is 20.6. The Balaban J connectivity index is 1.85. The Bertz CT molecular complexity index is 618. The van der Waals surface area contributed by atoms with Gasteiger partial charge in [-0.2, -0.15) is 0 Å². The molecule has 110 valence electrons. The monoisotopic (exact) mass is 337 g/mol. The van der Waals surface area contributed by atoms with Crippen molar-refractivity contribution in [3.63, 3.8) is 0 Å². The van der Waals surface area contributed by atoms with Crippen molar-refractivity contribution >= 4 is 38.9 Å². The third kappa shape index (κ3) is 4.01. The Labute approximate surface area is 127 Å². The molecular formula is C12H13Cl2NO4S. The number of sulfone groups is 1. The van der Waals surface area contributed by atoms with Crippen LogP contribution in [-0.4, -0.2) is 38.5 Å². The van der Waals surface area contributed by atoms with Crippen LogP contribution in [0, 0.1) is 0 Å². The predicted octanol–water partition coefficient (Wildman–Crippen LogP) is 1.68. The Morgan fingerprint density at radius 1 is 1.40 bits per heavy atom. The average Bonchev–Trinajstić information content (AvgIpc) is 2.70. The molecule has 1 amide bonds. The number of hydrogen-bond donors (Lipinski definition) is 1. The average molecular weight is 338 g/mol. The quantitative estimate of drug-likeness (QED) is 0.907. The van der Waals surface area contributed by atoms with Crippen LogP contribution < -0.4 is 10.1 Å². The minimum Gasteiger partial charge on any atom is -0.482 e. The van der Waals surface area contributed by atoms with Gasteiger partial charge in [0.25, 0.3) is 5.91 Å². The summed E-state index contributed by atoms with van der Waals surface area (Å²) in [4.78, 5) is 11.7. The molecule has 1 aliphatic heterocycles. The zero-order valence-electron chi connectivity index (χ0n) is 10.4. The Kier molecular flexibility index (Phi) is 4.78. The third-order valence-electron chi connectivity index (χ3n) is 2.87. The zero-order valence-corrected chi connectivity index (χ0v) is 12.8. The maximum atomic E-state index is 11.7. The molecule has 0 bridgehead atoms. The van der Waals surface area contributed by atoms with Crippen molar-refractivity contribution in [2.24, 2.45) is 0 Å². The summed E-state index contributed by atoms with van der Waals surface area (Å²) in [6.45, 7) is -0.239. The van der Waals surface area contributed by atoms with E-state index in [1.54, 1.807) is 18.2 Å². The smallest absolute Gasteiger partial charge is 0.258 e. The lowest BCUT2D eigenvalue weighted by Gasteiger charge is -2.12. The second-order valence-corrected chi connectivity index (χ2v) is 7.52. The summed E-state index contributed by atoms with van der Waals surface area (Å²) in [5.74, 6) is 0.0202. The number of carbonyl (C=O) groups is 1. The van der Waals surface area contributed by atoms with Crippen molar-refractivity contribution in [3.05, 3.63) is 28.2 Å². The highest BCUT2D eigenvalue weighted by molar-refractivity contribution is 7.91. The van der Waals surface area contributed by atoms with Crippen LogP contribution in [0.1, 0.15) is 6.42 Å². The number of carbonyl (C=O) groups excluding carboxylic acids is 1. The van der Waals surface area contributed by atoms with Gasteiger partial charge in [-0.15, -0.1) is 0 Å². The first kappa shape index (κ1) is 15.4. The molecule has 0 unspecified atom stereocenters. The molecule has 1 aromatic carbocycles. The van der Waals surface area contributed by atoms with Crippen LogP contribution in [0.5, 0.6) is 5.75 Å². The molecular weight excluding hydrogens is 325 g/mol. The van der Waals surface area contributed by atoms with E-state index in [4.69, 9.17) is 27.9 Å². The Hall–Kier alpha value is -0.980. The van der Waals surface area contributed by atoms with Crippen LogP contribution >= 0.6 is 23.2 Å². The van der Waals surface area contributed by atoms with Crippen molar-refractivity contribution in [3.8, 4) is 5.75 Å². The van der Waals surface area contributed by atoms with Gasteiger partial charge in [0.05, 0.1) is 16.5 Å². The van der Waals surface area contributed by atoms with Gasteiger partial charge in [-0.25, -0.2) is 8.42 Å². The van der Waals surface area contributed by atoms with Crippen LogP contribution in [-0.2, 0) is 14.6 Å². The number of benzene rings is 1. The summed E-state index contributed by atoms with van der Waals surface area (Å²) in [7, 11) is -3.01. The van der Waals surface area contributed by atoms with Crippen LogP contribution in [0.2, 0.25) is 10.0 Å². The lowest BCUT2D eigenvalue weighted by molar-refractivity contribution is -0.123. The molecule has 5 nitrogen and oxygen atoms in total. The molecule has 1 fully saturated rings. The van der Waals surface area contributed by atoms with Gasteiger partial charge in [0.2, 0.25) is 0 Å². The fourth-order valence-electron chi connectivity index (χ4n) is 1.92. The highest BCUT2D eigenvalue weighted by atomic mass is 35.5. The van der Waals surface area contributed by atoms with E-state index in [1.807, 2.05) is 0 Å². The fraction of sp³-hybridized carbons (Fsp3) is 0.417. The Morgan fingerprint density at radius 3 is 2.80 bits per heavy atom. The minimum atomic E-state index is -3.01. The number of hydrogen-bond acceptors (Lipinski definition) is 4. The van der Waals surface area contributed by atoms with Gasteiger partial charge in [-0.3, -0.25) is 4.79 Å². The molecule has 2 rings (SSSR count). The minimum absolute atomic E-state index is 0.0172. The third-order valence-corrected chi connectivity index (χ3v) is 5.44. The van der Waals surface area contributed by atoms with E-state index in [2.05, 4.69) is 5.32 Å². The first-order valence-corrected chi connectivity index (χ1v) is 8.52. The van der Waals surface area contributed by atoms with Crippen LogP contribution in [0.4, 0.5) is 0 Å². The van der Waals surface area contributed by atoms with Gasteiger partial charge in [0.1, 0.15) is 10.8 Å². The van der Waals surface area contributed by atoms with E-state index in [-0.39, 0.29) is 35.1 Å². The summed E-state index contributed by atoms with van der Waals surface area (Å²) in [5, 5.41) is 3.20. The van der Waals surface area contributed by atoms with Gasteiger partial charge in [-0.05, 0) is 18.6 Å². The second kappa shape index (κ2) is 6.20. The van der Waals surface area contributed by atoms with Crippen LogP contribution in [0.25, 0.3) is 0 Å². The molecule has 0 saturated carbocycles. The topological polar surface area (TPSA) is 72.5 Å². The van der Waals surface area contributed by atoms with E-state index >= 15 is 0 Å². The number of rotatable bonds is 4. The molecule has 1 aromatic rings. The lowest BCUT2D eigenvalue weighted by Crippen LogP contribution is -2.38. The molecule has 0 aliphatic carbocycles. The van der Waals surface area contributed by atoms with E-state index in [1.165, 1.54) is 0 Å². The summed E-state index contributed by atoms with van der Waals surface area (Å²) >= 11 is 11.7. The molecule has 1 saturated heterocycles. The number of amides is 1. The highest BCUT2D eigenvalue weighted by Crippen LogP contribution is 2.31. The van der Waals surface area contributed by atoms with E-state index in [0.717, 1.165) is 0 Å². The van der Waals surface area contributed by atoms with Crippen LogP contribution in [0.15, 0.2) is 18.2 Å². The number of nitrogens with one attached hydrogen (secondary N) is 1. The molecule has 0 spiro atoms. The summed E-state index contributed by atoms with van der Waals surface area (Å²) in [5.41, 5.74) is 0. The molecule has 1 N–H and O–H groups in total. The summed E-state index contributed by atoms with van der Waals surface area (Å²) < 4.78 is 27.8. The lowest BCUT2D eigenvalue weighted by atomic mass is 10.2. The van der Waals surface area contributed by atoms with Crippen molar-refractivity contribution in [2.75, 3.05) is 18.1 Å². The largest absolute Gasteiger partial charge is 0.482 e. The first-order valence-electron chi connectivity index (χ1n) is 5.94.